The molecule has 1 aliphatic heterocycles. The maximum absolute atomic E-state index is 13.3. The van der Waals surface area contributed by atoms with Gasteiger partial charge in [-0.25, -0.2) is 9.50 Å². The van der Waals surface area contributed by atoms with Crippen LogP contribution in [0.1, 0.15) is 15.9 Å². The number of carbonyl (C=O) groups is 1. The van der Waals surface area contributed by atoms with Crippen LogP contribution in [0.25, 0.3) is 16.9 Å². The molecule has 5 rings (SSSR count). The molecule has 0 N–H and O–H groups in total. The highest BCUT2D eigenvalue weighted by Gasteiger charge is 2.25. The van der Waals surface area contributed by atoms with Gasteiger partial charge in [0.2, 0.25) is 0 Å². The lowest BCUT2D eigenvalue weighted by Crippen LogP contribution is -2.48. The largest absolute Gasteiger partial charge is 0.493 e. The summed E-state index contributed by atoms with van der Waals surface area (Å²) in [6.45, 7) is 3.93. The van der Waals surface area contributed by atoms with Crippen molar-refractivity contribution in [2.45, 2.75) is 6.54 Å². The number of fused-ring (bicyclic) bond motifs is 1. The Labute approximate surface area is 198 Å². The van der Waals surface area contributed by atoms with Crippen molar-refractivity contribution in [1.82, 2.24) is 24.4 Å². The van der Waals surface area contributed by atoms with Crippen LogP contribution in [0.3, 0.4) is 0 Å². The van der Waals surface area contributed by atoms with Crippen LogP contribution in [0.2, 0.25) is 0 Å². The summed E-state index contributed by atoms with van der Waals surface area (Å²) in [6.07, 6.45) is 3.32. The van der Waals surface area contributed by atoms with E-state index in [1.165, 1.54) is 5.56 Å². The molecule has 1 aliphatic rings. The summed E-state index contributed by atoms with van der Waals surface area (Å²) in [4.78, 5) is 22.1. The van der Waals surface area contributed by atoms with Crippen molar-refractivity contribution < 1.29 is 14.3 Å². The lowest BCUT2D eigenvalue weighted by Gasteiger charge is -2.34. The van der Waals surface area contributed by atoms with Gasteiger partial charge in [-0.2, -0.15) is 5.10 Å². The molecule has 0 unspecified atom stereocenters. The molecule has 0 spiro atoms. The van der Waals surface area contributed by atoms with Crippen LogP contribution in [-0.2, 0) is 6.54 Å². The number of nitrogens with zero attached hydrogens (tertiary/aromatic N) is 5. The molecule has 2 aromatic carbocycles. The van der Waals surface area contributed by atoms with Crippen molar-refractivity contribution in [3.63, 3.8) is 0 Å². The van der Waals surface area contributed by atoms with Gasteiger partial charge in [-0.3, -0.25) is 9.69 Å². The minimum atomic E-state index is -0.0358. The van der Waals surface area contributed by atoms with Crippen molar-refractivity contribution in [2.24, 2.45) is 0 Å². The first kappa shape index (κ1) is 21.9. The van der Waals surface area contributed by atoms with E-state index in [1.807, 2.05) is 35.2 Å². The maximum Gasteiger partial charge on any atom is 0.259 e. The molecule has 0 aliphatic carbocycles. The average Bonchev–Trinajstić information content (AvgIpc) is 3.33. The second-order valence-corrected chi connectivity index (χ2v) is 8.25. The number of ether oxygens (including phenoxy) is 2. The van der Waals surface area contributed by atoms with E-state index >= 15 is 0 Å². The molecular weight excluding hydrogens is 430 g/mol. The van der Waals surface area contributed by atoms with Crippen molar-refractivity contribution >= 4 is 11.6 Å². The third-order valence-electron chi connectivity index (χ3n) is 6.22. The number of amides is 1. The Bertz CT molecular complexity index is 1300. The van der Waals surface area contributed by atoms with E-state index in [0.717, 1.165) is 30.9 Å². The van der Waals surface area contributed by atoms with Gasteiger partial charge in [0.15, 0.2) is 17.1 Å². The Kier molecular flexibility index (Phi) is 6.14. The van der Waals surface area contributed by atoms with Crippen LogP contribution >= 0.6 is 0 Å². The smallest absolute Gasteiger partial charge is 0.259 e. The minimum Gasteiger partial charge on any atom is -0.493 e. The van der Waals surface area contributed by atoms with E-state index in [-0.39, 0.29) is 5.91 Å². The van der Waals surface area contributed by atoms with Crippen molar-refractivity contribution in [2.75, 3.05) is 40.4 Å². The lowest BCUT2D eigenvalue weighted by molar-refractivity contribution is 0.0630. The average molecular weight is 458 g/mol. The first-order chi connectivity index (χ1) is 16.7. The predicted molar refractivity (Wildman–Crippen MR) is 129 cm³/mol. The quantitative estimate of drug-likeness (QED) is 0.442. The molecule has 8 heteroatoms. The second-order valence-electron chi connectivity index (χ2n) is 8.25. The molecule has 34 heavy (non-hydrogen) atoms. The molecule has 1 amide bonds. The number of hydrogen-bond donors (Lipinski definition) is 0. The third kappa shape index (κ3) is 4.20. The second kappa shape index (κ2) is 9.52. The van der Waals surface area contributed by atoms with E-state index in [0.29, 0.717) is 35.8 Å². The van der Waals surface area contributed by atoms with Crippen LogP contribution in [0.5, 0.6) is 11.5 Å². The molecule has 1 saturated heterocycles. The molecule has 1 fully saturated rings. The number of aromatic nitrogens is 3. The third-order valence-corrected chi connectivity index (χ3v) is 6.22. The molecule has 4 aromatic rings. The maximum atomic E-state index is 13.3. The standard InChI is InChI=1S/C26H27N5O3/c1-33-23-9-8-20(16-24(23)34-2)22-10-11-27-25-21(17-28-31(22)25)26(32)30-14-12-29(13-15-30)18-19-6-4-3-5-7-19/h3-11,16-17H,12-15,18H2,1-2H3. The van der Waals surface area contributed by atoms with Crippen LogP contribution in [0, 0.1) is 0 Å². The zero-order chi connectivity index (χ0) is 23.5. The molecule has 174 valence electrons. The van der Waals surface area contributed by atoms with Gasteiger partial charge in [0.25, 0.3) is 5.91 Å². The van der Waals surface area contributed by atoms with E-state index in [4.69, 9.17) is 9.47 Å². The topological polar surface area (TPSA) is 72.2 Å². The first-order valence-corrected chi connectivity index (χ1v) is 11.3. The number of carbonyl (C=O) groups excluding carboxylic acids is 1. The van der Waals surface area contributed by atoms with Gasteiger partial charge in [-0.05, 0) is 29.8 Å². The Morgan fingerprint density at radius 1 is 0.941 bits per heavy atom. The summed E-state index contributed by atoms with van der Waals surface area (Å²) in [6, 6.07) is 18.0. The molecule has 0 radical (unpaired) electrons. The monoisotopic (exact) mass is 457 g/mol. The summed E-state index contributed by atoms with van der Waals surface area (Å²) >= 11 is 0. The number of hydrogen-bond acceptors (Lipinski definition) is 6. The fourth-order valence-electron chi connectivity index (χ4n) is 4.38. The van der Waals surface area contributed by atoms with Gasteiger partial charge < -0.3 is 14.4 Å². The summed E-state index contributed by atoms with van der Waals surface area (Å²) < 4.78 is 12.5. The number of methoxy groups -OCH3 is 2. The zero-order valence-electron chi connectivity index (χ0n) is 19.3. The normalized spacial score (nSPS) is 14.4. The van der Waals surface area contributed by atoms with Gasteiger partial charge in [-0.15, -0.1) is 0 Å². The summed E-state index contributed by atoms with van der Waals surface area (Å²) in [5, 5.41) is 4.50. The van der Waals surface area contributed by atoms with Gasteiger partial charge in [-0.1, -0.05) is 30.3 Å². The Hall–Kier alpha value is -3.91. The van der Waals surface area contributed by atoms with Crippen molar-refractivity contribution in [3.8, 4) is 22.8 Å². The Morgan fingerprint density at radius 2 is 1.71 bits per heavy atom. The van der Waals surface area contributed by atoms with Crippen molar-refractivity contribution in [1.29, 1.82) is 0 Å². The number of rotatable bonds is 6. The van der Waals surface area contributed by atoms with E-state index in [2.05, 4.69) is 39.2 Å². The highest BCUT2D eigenvalue weighted by atomic mass is 16.5. The zero-order valence-corrected chi connectivity index (χ0v) is 19.3. The summed E-state index contributed by atoms with van der Waals surface area (Å²) in [7, 11) is 3.21. The van der Waals surface area contributed by atoms with Crippen LogP contribution in [0.15, 0.2) is 67.0 Å². The molecule has 3 heterocycles. The fourth-order valence-corrected chi connectivity index (χ4v) is 4.38. The van der Waals surface area contributed by atoms with Crippen LogP contribution in [0.4, 0.5) is 0 Å². The molecule has 0 bridgehead atoms. The molecule has 8 nitrogen and oxygen atoms in total. The summed E-state index contributed by atoms with van der Waals surface area (Å²) in [5.41, 5.74) is 4.05. The summed E-state index contributed by atoms with van der Waals surface area (Å²) in [5.74, 6) is 1.24. The van der Waals surface area contributed by atoms with E-state index in [9.17, 15) is 4.79 Å². The van der Waals surface area contributed by atoms with Gasteiger partial charge in [0, 0.05) is 44.5 Å². The van der Waals surface area contributed by atoms with E-state index in [1.54, 1.807) is 31.1 Å². The van der Waals surface area contributed by atoms with Gasteiger partial charge in [0.05, 0.1) is 26.1 Å². The van der Waals surface area contributed by atoms with Crippen LogP contribution < -0.4 is 9.47 Å². The lowest BCUT2D eigenvalue weighted by atomic mass is 10.1. The predicted octanol–water partition coefficient (Wildman–Crippen LogP) is 3.37. The highest BCUT2D eigenvalue weighted by molar-refractivity contribution is 6.00. The Morgan fingerprint density at radius 3 is 2.44 bits per heavy atom. The molecule has 0 saturated carbocycles. The highest BCUT2D eigenvalue weighted by Crippen LogP contribution is 2.32. The molecule has 0 atom stereocenters. The number of benzene rings is 2. The fraction of sp³-hybridized carbons (Fsp3) is 0.269. The Balaban J connectivity index is 1.35. The SMILES string of the molecule is COc1ccc(-c2ccnc3c(C(=O)N4CCN(Cc5ccccc5)CC4)cnn23)cc1OC. The van der Waals surface area contributed by atoms with Crippen molar-refractivity contribution in [3.05, 3.63) is 78.1 Å². The molecule has 2 aromatic heterocycles. The van der Waals surface area contributed by atoms with E-state index < -0.39 is 0 Å². The number of piperazine rings is 1. The van der Waals surface area contributed by atoms with Crippen LogP contribution in [-0.4, -0.2) is 70.7 Å². The first-order valence-electron chi connectivity index (χ1n) is 11.3. The molecular formula is C26H27N5O3. The van der Waals surface area contributed by atoms with Gasteiger partial charge in [0.1, 0.15) is 5.56 Å². The van der Waals surface area contributed by atoms with Gasteiger partial charge >= 0.3 is 0 Å². The minimum absolute atomic E-state index is 0.0358.